The standard InChI is InChI=1S/C16H22N2O/c1-12(17)14-9-8-13-6-4-5-7-15(13)16(14)19-11-10-18(2)3/h4-9,12H,10-11,17H2,1-3H3/t12-/m0/s1. The molecule has 2 aromatic rings. The normalized spacial score (nSPS) is 12.9. The first-order valence-electron chi connectivity index (χ1n) is 6.64. The summed E-state index contributed by atoms with van der Waals surface area (Å²) in [6, 6.07) is 12.4. The Hall–Kier alpha value is -1.58. The third-order valence-corrected chi connectivity index (χ3v) is 3.19. The van der Waals surface area contributed by atoms with Crippen LogP contribution in [0, 0.1) is 0 Å². The fourth-order valence-corrected chi connectivity index (χ4v) is 2.11. The molecule has 0 aromatic heterocycles. The van der Waals surface area contributed by atoms with Crippen LogP contribution in [-0.4, -0.2) is 32.1 Å². The van der Waals surface area contributed by atoms with Gasteiger partial charge in [-0.1, -0.05) is 36.4 Å². The molecule has 2 N–H and O–H groups in total. The van der Waals surface area contributed by atoms with Gasteiger partial charge < -0.3 is 15.4 Å². The van der Waals surface area contributed by atoms with E-state index >= 15 is 0 Å². The molecule has 2 aromatic carbocycles. The first-order valence-corrected chi connectivity index (χ1v) is 6.64. The van der Waals surface area contributed by atoms with Crippen LogP contribution in [0.5, 0.6) is 5.75 Å². The zero-order valence-corrected chi connectivity index (χ0v) is 11.9. The van der Waals surface area contributed by atoms with E-state index in [4.69, 9.17) is 10.5 Å². The van der Waals surface area contributed by atoms with Crippen molar-refractivity contribution in [3.05, 3.63) is 42.0 Å². The summed E-state index contributed by atoms with van der Waals surface area (Å²) in [7, 11) is 4.08. The third-order valence-electron chi connectivity index (χ3n) is 3.19. The van der Waals surface area contributed by atoms with E-state index in [2.05, 4.69) is 29.2 Å². The number of hydrogen-bond donors (Lipinski definition) is 1. The molecule has 0 fully saturated rings. The number of ether oxygens (including phenoxy) is 1. The highest BCUT2D eigenvalue weighted by Crippen LogP contribution is 2.32. The van der Waals surface area contributed by atoms with Crippen LogP contribution in [0.25, 0.3) is 10.8 Å². The van der Waals surface area contributed by atoms with Gasteiger partial charge in [-0.2, -0.15) is 0 Å². The monoisotopic (exact) mass is 258 g/mol. The molecule has 0 aliphatic heterocycles. The smallest absolute Gasteiger partial charge is 0.131 e. The largest absolute Gasteiger partial charge is 0.491 e. The number of nitrogens with zero attached hydrogens (tertiary/aromatic N) is 1. The number of hydrogen-bond acceptors (Lipinski definition) is 3. The van der Waals surface area contributed by atoms with Crippen molar-refractivity contribution in [3.63, 3.8) is 0 Å². The Morgan fingerprint density at radius 1 is 1.16 bits per heavy atom. The van der Waals surface area contributed by atoms with Gasteiger partial charge >= 0.3 is 0 Å². The maximum Gasteiger partial charge on any atom is 0.131 e. The van der Waals surface area contributed by atoms with Crippen molar-refractivity contribution in [2.75, 3.05) is 27.2 Å². The van der Waals surface area contributed by atoms with E-state index in [1.165, 1.54) is 5.39 Å². The first kappa shape index (κ1) is 13.8. The number of likely N-dealkylation sites (N-methyl/N-ethyl adjacent to an activating group) is 1. The highest BCUT2D eigenvalue weighted by molar-refractivity contribution is 5.89. The highest BCUT2D eigenvalue weighted by atomic mass is 16.5. The molecule has 0 saturated heterocycles. The summed E-state index contributed by atoms with van der Waals surface area (Å²) in [6.07, 6.45) is 0. The van der Waals surface area contributed by atoms with E-state index in [1.807, 2.05) is 33.2 Å². The summed E-state index contributed by atoms with van der Waals surface area (Å²) in [5, 5.41) is 2.32. The number of nitrogens with two attached hydrogens (primary N) is 1. The van der Waals surface area contributed by atoms with Crippen molar-refractivity contribution in [1.82, 2.24) is 4.90 Å². The van der Waals surface area contributed by atoms with Crippen LogP contribution >= 0.6 is 0 Å². The molecular formula is C16H22N2O. The fraction of sp³-hybridized carbons (Fsp3) is 0.375. The second-order valence-electron chi connectivity index (χ2n) is 5.15. The molecule has 102 valence electrons. The predicted octanol–water partition coefficient (Wildman–Crippen LogP) is 2.80. The van der Waals surface area contributed by atoms with E-state index in [-0.39, 0.29) is 6.04 Å². The van der Waals surface area contributed by atoms with Gasteiger partial charge in [-0.3, -0.25) is 0 Å². The summed E-state index contributed by atoms with van der Waals surface area (Å²) >= 11 is 0. The molecule has 0 radical (unpaired) electrons. The lowest BCUT2D eigenvalue weighted by molar-refractivity contribution is 0.261. The molecule has 3 heteroatoms. The average molecular weight is 258 g/mol. The quantitative estimate of drug-likeness (QED) is 0.896. The molecule has 2 rings (SSSR count). The summed E-state index contributed by atoms with van der Waals surface area (Å²) in [5.41, 5.74) is 7.11. The lowest BCUT2D eigenvalue weighted by Gasteiger charge is -2.18. The Bertz CT molecular complexity index is 549. The summed E-state index contributed by atoms with van der Waals surface area (Å²) in [6.45, 7) is 3.55. The molecule has 19 heavy (non-hydrogen) atoms. The lowest BCUT2D eigenvalue weighted by Crippen LogP contribution is -2.20. The van der Waals surface area contributed by atoms with Crippen LogP contribution in [0.1, 0.15) is 18.5 Å². The summed E-state index contributed by atoms with van der Waals surface area (Å²) in [4.78, 5) is 2.11. The second-order valence-corrected chi connectivity index (χ2v) is 5.15. The maximum atomic E-state index is 6.05. The zero-order valence-electron chi connectivity index (χ0n) is 11.9. The van der Waals surface area contributed by atoms with E-state index in [0.29, 0.717) is 6.61 Å². The van der Waals surface area contributed by atoms with Gasteiger partial charge in [-0.25, -0.2) is 0 Å². The minimum absolute atomic E-state index is 0.0287. The van der Waals surface area contributed by atoms with Crippen LogP contribution in [0.4, 0.5) is 0 Å². The van der Waals surface area contributed by atoms with Gasteiger partial charge in [0.05, 0.1) is 0 Å². The Morgan fingerprint density at radius 3 is 2.58 bits per heavy atom. The number of rotatable bonds is 5. The van der Waals surface area contributed by atoms with Gasteiger partial charge in [-0.05, 0) is 26.4 Å². The van der Waals surface area contributed by atoms with Gasteiger partial charge in [0.1, 0.15) is 12.4 Å². The minimum Gasteiger partial charge on any atom is -0.491 e. The minimum atomic E-state index is -0.0287. The van der Waals surface area contributed by atoms with Crippen LogP contribution in [-0.2, 0) is 0 Å². The van der Waals surface area contributed by atoms with Crippen molar-refractivity contribution < 1.29 is 4.74 Å². The van der Waals surface area contributed by atoms with Crippen LogP contribution < -0.4 is 10.5 Å². The molecule has 1 atom stereocenters. The fourth-order valence-electron chi connectivity index (χ4n) is 2.11. The first-order chi connectivity index (χ1) is 9.09. The topological polar surface area (TPSA) is 38.5 Å². The number of fused-ring (bicyclic) bond motifs is 1. The highest BCUT2D eigenvalue weighted by Gasteiger charge is 2.12. The molecule has 0 unspecified atom stereocenters. The van der Waals surface area contributed by atoms with Gasteiger partial charge in [0.15, 0.2) is 0 Å². The van der Waals surface area contributed by atoms with Crippen LogP contribution in [0.15, 0.2) is 36.4 Å². The Labute approximate surface area is 115 Å². The lowest BCUT2D eigenvalue weighted by atomic mass is 10.0. The molecular weight excluding hydrogens is 236 g/mol. The Balaban J connectivity index is 2.38. The average Bonchev–Trinajstić information content (AvgIpc) is 2.38. The van der Waals surface area contributed by atoms with E-state index in [0.717, 1.165) is 23.2 Å². The third kappa shape index (κ3) is 3.25. The Morgan fingerprint density at radius 2 is 1.89 bits per heavy atom. The predicted molar refractivity (Wildman–Crippen MR) is 80.6 cm³/mol. The molecule has 0 aliphatic rings. The molecule has 0 saturated carbocycles. The van der Waals surface area contributed by atoms with Crippen molar-refractivity contribution >= 4 is 10.8 Å². The molecule has 0 aliphatic carbocycles. The van der Waals surface area contributed by atoms with Gasteiger partial charge in [0, 0.05) is 23.5 Å². The molecule has 0 heterocycles. The van der Waals surface area contributed by atoms with Crippen molar-refractivity contribution in [1.29, 1.82) is 0 Å². The SMILES string of the molecule is C[C@H](N)c1ccc2ccccc2c1OCCN(C)C. The van der Waals surface area contributed by atoms with Crippen LogP contribution in [0.3, 0.4) is 0 Å². The van der Waals surface area contributed by atoms with Crippen molar-refractivity contribution in [2.45, 2.75) is 13.0 Å². The molecule has 0 bridgehead atoms. The summed E-state index contributed by atoms with van der Waals surface area (Å²) < 4.78 is 6.00. The van der Waals surface area contributed by atoms with Gasteiger partial charge in [-0.15, -0.1) is 0 Å². The molecule has 0 spiro atoms. The van der Waals surface area contributed by atoms with Gasteiger partial charge in [0.25, 0.3) is 0 Å². The van der Waals surface area contributed by atoms with Crippen molar-refractivity contribution in [3.8, 4) is 5.75 Å². The maximum absolute atomic E-state index is 6.05. The van der Waals surface area contributed by atoms with Crippen molar-refractivity contribution in [2.24, 2.45) is 5.73 Å². The second kappa shape index (κ2) is 6.04. The number of benzene rings is 2. The van der Waals surface area contributed by atoms with E-state index < -0.39 is 0 Å². The molecule has 3 nitrogen and oxygen atoms in total. The summed E-state index contributed by atoms with van der Waals surface area (Å²) in [5.74, 6) is 0.926. The van der Waals surface area contributed by atoms with Crippen LogP contribution in [0.2, 0.25) is 0 Å². The molecule has 0 amide bonds. The zero-order chi connectivity index (χ0) is 13.8. The Kier molecular flexibility index (Phi) is 4.40. The van der Waals surface area contributed by atoms with E-state index in [1.54, 1.807) is 0 Å². The van der Waals surface area contributed by atoms with E-state index in [9.17, 15) is 0 Å². The van der Waals surface area contributed by atoms with Gasteiger partial charge in [0.2, 0.25) is 0 Å².